The Morgan fingerprint density at radius 1 is 1.15 bits per heavy atom. The van der Waals surface area contributed by atoms with Gasteiger partial charge in [-0.25, -0.2) is 0 Å². The van der Waals surface area contributed by atoms with Crippen LogP contribution in [0.25, 0.3) is 0 Å². The summed E-state index contributed by atoms with van der Waals surface area (Å²) in [5, 5.41) is 9.49. The fourth-order valence-electron chi connectivity index (χ4n) is 1.64. The SMILES string of the molecule is C=O.C=O.CC(CC(F)(F)F)C(C)C(C)(C)O.CN.Cc1ccc(Cl)s1. The zero-order chi connectivity index (χ0) is 22.1. The first-order chi connectivity index (χ1) is 11.8. The maximum atomic E-state index is 12.0. The Morgan fingerprint density at radius 2 is 1.54 bits per heavy atom. The highest BCUT2D eigenvalue weighted by Crippen LogP contribution is 2.33. The number of thiophene rings is 1. The Morgan fingerprint density at radius 3 is 1.69 bits per heavy atom. The predicted octanol–water partition coefficient (Wildman–Crippen LogP) is 4.90. The summed E-state index contributed by atoms with van der Waals surface area (Å²) in [5.74, 6) is -0.922. The molecule has 0 bridgehead atoms. The molecule has 0 aliphatic heterocycles. The molecule has 1 heterocycles. The number of aliphatic hydroxyl groups is 1. The predicted molar refractivity (Wildman–Crippen MR) is 104 cm³/mol. The average Bonchev–Trinajstić information content (AvgIpc) is 2.93. The van der Waals surface area contributed by atoms with Crippen molar-refractivity contribution in [1.82, 2.24) is 0 Å². The number of rotatable bonds is 3. The summed E-state index contributed by atoms with van der Waals surface area (Å²) in [4.78, 5) is 17.3. The largest absolute Gasteiger partial charge is 0.390 e. The lowest BCUT2D eigenvalue weighted by molar-refractivity contribution is -0.152. The zero-order valence-corrected chi connectivity index (χ0v) is 17.8. The van der Waals surface area contributed by atoms with Crippen LogP contribution in [-0.4, -0.2) is 37.5 Å². The summed E-state index contributed by atoms with van der Waals surface area (Å²) in [6.45, 7) is 12.2. The topological polar surface area (TPSA) is 80.4 Å². The van der Waals surface area contributed by atoms with Gasteiger partial charge in [0, 0.05) is 11.3 Å². The number of hydrogen-bond donors (Lipinski definition) is 2. The molecule has 0 spiro atoms. The van der Waals surface area contributed by atoms with Gasteiger partial charge in [-0.3, -0.25) is 0 Å². The van der Waals surface area contributed by atoms with Gasteiger partial charge in [-0.05, 0) is 51.8 Å². The van der Waals surface area contributed by atoms with Crippen molar-refractivity contribution in [2.45, 2.75) is 52.8 Å². The normalized spacial score (nSPS) is 12.3. The second kappa shape index (κ2) is 17.5. The van der Waals surface area contributed by atoms with Crippen molar-refractivity contribution < 1.29 is 27.9 Å². The van der Waals surface area contributed by atoms with Gasteiger partial charge in [-0.15, -0.1) is 11.3 Å². The molecule has 2 unspecified atom stereocenters. The van der Waals surface area contributed by atoms with Gasteiger partial charge in [0.15, 0.2) is 0 Å². The summed E-state index contributed by atoms with van der Waals surface area (Å²) in [6, 6.07) is 3.91. The first-order valence-electron chi connectivity index (χ1n) is 7.49. The van der Waals surface area contributed by atoms with Crippen LogP contribution in [-0.2, 0) is 9.59 Å². The lowest BCUT2D eigenvalue weighted by Crippen LogP contribution is -2.34. The van der Waals surface area contributed by atoms with E-state index in [4.69, 9.17) is 21.2 Å². The van der Waals surface area contributed by atoms with E-state index in [1.807, 2.05) is 32.6 Å². The highest BCUT2D eigenvalue weighted by molar-refractivity contribution is 7.16. The molecule has 0 aliphatic carbocycles. The van der Waals surface area contributed by atoms with Crippen LogP contribution in [0, 0.1) is 18.8 Å². The fourth-order valence-corrected chi connectivity index (χ4v) is 2.65. The van der Waals surface area contributed by atoms with Crippen molar-refractivity contribution in [2.75, 3.05) is 7.05 Å². The van der Waals surface area contributed by atoms with E-state index in [1.54, 1.807) is 18.3 Å². The van der Waals surface area contributed by atoms with Gasteiger partial charge in [-0.1, -0.05) is 25.4 Å². The van der Waals surface area contributed by atoms with Gasteiger partial charge in [0.25, 0.3) is 0 Å². The smallest absolute Gasteiger partial charge is 0.389 e. The number of hydrogen-bond acceptors (Lipinski definition) is 5. The Hall–Kier alpha value is -0.960. The van der Waals surface area contributed by atoms with Crippen LogP contribution in [0.4, 0.5) is 13.2 Å². The monoisotopic (exact) mass is 421 g/mol. The van der Waals surface area contributed by atoms with Gasteiger partial charge in [-0.2, -0.15) is 13.2 Å². The molecule has 4 nitrogen and oxygen atoms in total. The quantitative estimate of drug-likeness (QED) is 0.727. The van der Waals surface area contributed by atoms with Crippen LogP contribution in [0.1, 0.15) is 39.0 Å². The maximum Gasteiger partial charge on any atom is 0.389 e. The van der Waals surface area contributed by atoms with E-state index >= 15 is 0 Å². The fraction of sp³-hybridized carbons (Fsp3) is 0.647. The molecule has 2 atom stereocenters. The van der Waals surface area contributed by atoms with Crippen LogP contribution >= 0.6 is 22.9 Å². The molecule has 0 radical (unpaired) electrons. The van der Waals surface area contributed by atoms with Crippen molar-refractivity contribution >= 4 is 36.5 Å². The van der Waals surface area contributed by atoms with E-state index in [-0.39, 0.29) is 5.92 Å². The van der Waals surface area contributed by atoms with E-state index < -0.39 is 24.1 Å². The third kappa shape index (κ3) is 21.1. The molecule has 1 aromatic rings. The Balaban J connectivity index is -0.000000156. The summed E-state index contributed by atoms with van der Waals surface area (Å²) in [6.07, 6.45) is -4.98. The summed E-state index contributed by atoms with van der Waals surface area (Å²) in [7, 11) is 1.50. The standard InChI is InChI=1S/C9H17F3O.C5H5ClS.CH5N.2CH2O/c1-6(5-9(10,11)12)7(2)8(3,4)13;1-4-2-3-5(6)7-4;3*1-2/h6-7,13H,5H2,1-4H3;2-3H,1H3;2H2,1H3;2*1H2. The summed E-state index contributed by atoms with van der Waals surface area (Å²) in [5.41, 5.74) is 3.45. The highest BCUT2D eigenvalue weighted by Gasteiger charge is 2.36. The Bertz CT molecular complexity index is 419. The van der Waals surface area contributed by atoms with Gasteiger partial charge < -0.3 is 20.4 Å². The lowest BCUT2D eigenvalue weighted by Gasteiger charge is -2.31. The molecular formula is C17H31ClF3NO3S. The first kappa shape index (κ1) is 32.7. The van der Waals surface area contributed by atoms with Crippen molar-refractivity contribution in [3.8, 4) is 0 Å². The van der Waals surface area contributed by atoms with Crippen LogP contribution < -0.4 is 5.73 Å². The minimum absolute atomic E-state index is 0.367. The minimum atomic E-state index is -4.14. The number of nitrogens with two attached hydrogens (primary N) is 1. The third-order valence-electron chi connectivity index (χ3n) is 3.23. The highest BCUT2D eigenvalue weighted by atomic mass is 35.5. The number of carbonyl (C=O) groups excluding carboxylic acids is 2. The molecular weight excluding hydrogens is 391 g/mol. The lowest BCUT2D eigenvalue weighted by atomic mass is 9.81. The summed E-state index contributed by atoms with van der Waals surface area (Å²) >= 11 is 7.19. The molecule has 26 heavy (non-hydrogen) atoms. The molecule has 156 valence electrons. The van der Waals surface area contributed by atoms with Crippen LogP contribution in [0.2, 0.25) is 4.34 Å². The second-order valence-corrected chi connectivity index (χ2v) is 7.51. The van der Waals surface area contributed by atoms with Gasteiger partial charge >= 0.3 is 6.18 Å². The van der Waals surface area contributed by atoms with Crippen LogP contribution in [0.3, 0.4) is 0 Å². The van der Waals surface area contributed by atoms with E-state index in [0.717, 1.165) is 4.34 Å². The molecule has 1 aromatic heterocycles. The second-order valence-electron chi connectivity index (χ2n) is 5.59. The zero-order valence-electron chi connectivity index (χ0n) is 16.2. The van der Waals surface area contributed by atoms with Gasteiger partial charge in [0.05, 0.1) is 9.94 Å². The molecule has 0 amide bonds. The van der Waals surface area contributed by atoms with E-state index in [9.17, 15) is 18.3 Å². The first-order valence-corrected chi connectivity index (χ1v) is 8.69. The maximum absolute atomic E-state index is 12.0. The number of aryl methyl sites for hydroxylation is 1. The van der Waals surface area contributed by atoms with Crippen molar-refractivity contribution in [3.63, 3.8) is 0 Å². The average molecular weight is 422 g/mol. The van der Waals surface area contributed by atoms with Gasteiger partial charge in [0.1, 0.15) is 13.6 Å². The molecule has 3 N–H and O–H groups in total. The van der Waals surface area contributed by atoms with E-state index in [2.05, 4.69) is 5.73 Å². The Kier molecular flexibility index (Phi) is 21.9. The van der Waals surface area contributed by atoms with Crippen LogP contribution in [0.5, 0.6) is 0 Å². The molecule has 0 saturated heterocycles. The molecule has 0 aliphatic rings. The number of alkyl halides is 3. The molecule has 1 rings (SSSR count). The van der Waals surface area contributed by atoms with Crippen LogP contribution in [0.15, 0.2) is 12.1 Å². The summed E-state index contributed by atoms with van der Waals surface area (Å²) < 4.78 is 36.8. The molecule has 0 saturated carbocycles. The van der Waals surface area contributed by atoms with Crippen molar-refractivity contribution in [3.05, 3.63) is 21.3 Å². The molecule has 9 heteroatoms. The third-order valence-corrected chi connectivity index (χ3v) is 4.38. The van der Waals surface area contributed by atoms with Crippen molar-refractivity contribution in [1.29, 1.82) is 0 Å². The van der Waals surface area contributed by atoms with Gasteiger partial charge in [0.2, 0.25) is 0 Å². The molecule has 0 fully saturated rings. The number of carbonyl (C=O) groups is 2. The Labute approximate surface area is 163 Å². The van der Waals surface area contributed by atoms with E-state index in [1.165, 1.54) is 32.7 Å². The van der Waals surface area contributed by atoms with E-state index in [0.29, 0.717) is 0 Å². The van der Waals surface area contributed by atoms with Crippen molar-refractivity contribution in [2.24, 2.45) is 17.6 Å². The molecule has 0 aromatic carbocycles. The minimum Gasteiger partial charge on any atom is -0.390 e. The number of halogens is 4.